The number of para-hydroxylation sites is 1. The van der Waals surface area contributed by atoms with Gasteiger partial charge in [-0.05, 0) is 44.5 Å². The highest BCUT2D eigenvalue weighted by Crippen LogP contribution is 2.55. The summed E-state index contributed by atoms with van der Waals surface area (Å²) in [6, 6.07) is 7.88. The van der Waals surface area contributed by atoms with Crippen molar-refractivity contribution >= 4 is 45.0 Å². The molecule has 0 radical (unpaired) electrons. The molecule has 0 spiro atoms. The normalized spacial score (nSPS) is 28.9. The number of allylic oxidation sites excluding steroid dienone is 2. The number of nitrogens with one attached hydrogen (secondary N) is 3. The van der Waals surface area contributed by atoms with E-state index in [2.05, 4.69) is 15.6 Å². The predicted octanol–water partition coefficient (Wildman–Crippen LogP) is 6.57. The van der Waals surface area contributed by atoms with Gasteiger partial charge in [-0.2, -0.15) is 0 Å². The molecular weight excluding hydrogens is 811 g/mol. The molecule has 63 heavy (non-hydrogen) atoms. The number of H-pyrrole nitrogens is 1. The second kappa shape index (κ2) is 18.9. The first-order valence-corrected chi connectivity index (χ1v) is 21.1. The van der Waals surface area contributed by atoms with Crippen molar-refractivity contribution in [3.05, 3.63) is 88.9 Å². The number of anilines is 1. The second-order valence-corrected chi connectivity index (χ2v) is 17.0. The fraction of sp³-hybridized carbons (Fsp3) is 0.438. The maximum absolute atomic E-state index is 14.5. The summed E-state index contributed by atoms with van der Waals surface area (Å²) in [5.41, 5.74) is 1.98. The molecule has 7 rings (SSSR count). The molecular formula is C48H59N3O12. The Kier molecular flexibility index (Phi) is 14.0. The maximum atomic E-state index is 14.5. The lowest BCUT2D eigenvalue weighted by Crippen LogP contribution is -2.46. The molecule has 0 saturated carbocycles. The molecule has 3 aliphatic rings. The summed E-state index contributed by atoms with van der Waals surface area (Å²) in [5.74, 6) is -8.16. The number of hydrogen-bond donors (Lipinski definition) is 8. The van der Waals surface area contributed by atoms with E-state index in [1.807, 2.05) is 30.5 Å². The van der Waals surface area contributed by atoms with Crippen molar-refractivity contribution in [2.24, 2.45) is 23.7 Å². The summed E-state index contributed by atoms with van der Waals surface area (Å²) < 4.78 is 23.7. The van der Waals surface area contributed by atoms with Gasteiger partial charge in [0.1, 0.15) is 23.4 Å². The van der Waals surface area contributed by atoms with Crippen LogP contribution in [-0.4, -0.2) is 92.0 Å². The Labute approximate surface area is 366 Å². The van der Waals surface area contributed by atoms with E-state index >= 15 is 0 Å². The van der Waals surface area contributed by atoms with Crippen molar-refractivity contribution in [3.63, 3.8) is 0 Å². The van der Waals surface area contributed by atoms with Crippen LogP contribution in [0.1, 0.15) is 75.5 Å². The molecule has 0 aliphatic carbocycles. The van der Waals surface area contributed by atoms with Gasteiger partial charge >= 0.3 is 11.8 Å². The number of hydrogen-bond acceptors (Lipinski definition) is 13. The number of carbonyl (C=O) groups is 3. The molecule has 15 nitrogen and oxygen atoms in total. The number of ketones is 1. The summed E-state index contributed by atoms with van der Waals surface area (Å²) in [6.45, 7) is 12.9. The van der Waals surface area contributed by atoms with Crippen LogP contribution in [0.4, 0.5) is 5.69 Å². The molecule has 0 fully saturated rings. The van der Waals surface area contributed by atoms with Crippen molar-refractivity contribution in [1.29, 1.82) is 0 Å². The third kappa shape index (κ3) is 9.01. The first-order valence-electron chi connectivity index (χ1n) is 21.1. The van der Waals surface area contributed by atoms with Crippen LogP contribution in [0.5, 0.6) is 23.0 Å². The number of aliphatic hydroxyl groups is 2. The molecule has 1 amide bonds. The first-order chi connectivity index (χ1) is 29.8. The zero-order chi connectivity index (χ0) is 46.1. The summed E-state index contributed by atoms with van der Waals surface area (Å²) >= 11 is 0. The number of methoxy groups -OCH3 is 1. The number of phenolic OH excluding ortho intramolecular Hbond substituents is 3. The third-order valence-corrected chi connectivity index (χ3v) is 12.6. The molecule has 3 aliphatic heterocycles. The number of fused-ring (bicyclic) bond motifs is 15. The van der Waals surface area contributed by atoms with Gasteiger partial charge in [0.25, 0.3) is 11.7 Å². The molecule has 5 bridgehead atoms. The molecule has 8 N–H and O–H groups in total. The van der Waals surface area contributed by atoms with Crippen LogP contribution >= 0.6 is 0 Å². The number of aromatic amines is 1. The van der Waals surface area contributed by atoms with Crippen molar-refractivity contribution in [1.82, 2.24) is 10.3 Å². The van der Waals surface area contributed by atoms with Crippen LogP contribution < -0.4 is 15.4 Å². The predicted molar refractivity (Wildman–Crippen MR) is 238 cm³/mol. The second-order valence-electron chi connectivity index (χ2n) is 17.0. The van der Waals surface area contributed by atoms with Crippen LogP contribution in [0.25, 0.3) is 21.7 Å². The van der Waals surface area contributed by atoms with Gasteiger partial charge in [0.05, 0.1) is 41.2 Å². The fourth-order valence-corrected chi connectivity index (χ4v) is 8.73. The lowest BCUT2D eigenvalue weighted by molar-refractivity contribution is -0.160. The highest BCUT2D eigenvalue weighted by Gasteiger charge is 2.50. The van der Waals surface area contributed by atoms with Crippen LogP contribution in [0.3, 0.4) is 0 Å². The number of benzene rings is 3. The molecule has 3 aromatic carbocycles. The number of Topliss-reactive ketones (excluding diaryl/α,β-unsaturated/α-hetero) is 1. The average Bonchev–Trinajstić information content (AvgIpc) is 3.79. The molecule has 9 atom stereocenters. The number of amides is 1. The summed E-state index contributed by atoms with van der Waals surface area (Å²) in [7, 11) is 1.44. The van der Waals surface area contributed by atoms with Gasteiger partial charge in [-0.25, -0.2) is 0 Å². The molecule has 4 heterocycles. The minimum atomic E-state index is -2.04. The fourth-order valence-electron chi connectivity index (χ4n) is 8.73. The lowest BCUT2D eigenvalue weighted by atomic mass is 9.78. The Morgan fingerprint density at radius 3 is 2.35 bits per heavy atom. The molecule has 338 valence electrons. The lowest BCUT2D eigenvalue weighted by Gasteiger charge is -2.38. The standard InChI is InChI=1S/C48H59N3O12/c1-23-13-12-14-24(2)47(59)51-38-32(22-49-19-17-30-21-50-33-16-11-10-15-31(30)33)42(56)35-36(43(38)57)41(55)28(6)45-37(35)46(58)48(8,63-45)61-20-18-34(60-9)25(3)44(62-29(7)52)27(5)40(54)26(4)39(23)53/h10-16,18,20-21,23,25-27,34,39-40,44,49-50,53-57H,17,19,22H2,1-9H3,(H,51,59)/b13-12+,20-18+,24-14-/t23-,25+,26+,27+,34-,39-,40+,44+,48-/m0/s1. The van der Waals surface area contributed by atoms with Crippen LogP contribution in [0, 0.1) is 30.6 Å². The van der Waals surface area contributed by atoms with Crippen molar-refractivity contribution < 1.29 is 58.9 Å². The molecule has 15 heteroatoms. The van der Waals surface area contributed by atoms with Gasteiger partial charge in [-0.15, -0.1) is 0 Å². The number of carbonyl (C=O) groups excluding carboxylic acids is 3. The topological polar surface area (TPSA) is 229 Å². The highest BCUT2D eigenvalue weighted by atomic mass is 16.7. The molecule has 1 aromatic heterocycles. The monoisotopic (exact) mass is 869 g/mol. The molecule has 0 unspecified atom stereocenters. The molecule has 0 saturated heterocycles. The van der Waals surface area contributed by atoms with Gasteiger partial charge in [-0.3, -0.25) is 14.4 Å². The Balaban J connectivity index is 1.46. The van der Waals surface area contributed by atoms with Crippen molar-refractivity contribution in [2.75, 3.05) is 19.0 Å². The van der Waals surface area contributed by atoms with Crippen LogP contribution in [-0.2, 0) is 36.8 Å². The smallest absolute Gasteiger partial charge is 0.312 e. The number of aromatic nitrogens is 1. The molecule has 4 aromatic rings. The maximum Gasteiger partial charge on any atom is 0.312 e. The first kappa shape index (κ1) is 46.6. The van der Waals surface area contributed by atoms with Gasteiger partial charge in [-0.1, -0.05) is 64.1 Å². The van der Waals surface area contributed by atoms with Gasteiger partial charge < -0.3 is 60.1 Å². The van der Waals surface area contributed by atoms with E-state index in [0.29, 0.717) is 13.0 Å². The van der Waals surface area contributed by atoms with Gasteiger partial charge in [0.15, 0.2) is 5.75 Å². The van der Waals surface area contributed by atoms with Gasteiger partial charge in [0, 0.05) is 90.4 Å². The van der Waals surface area contributed by atoms with Crippen molar-refractivity contribution in [3.8, 4) is 23.0 Å². The van der Waals surface area contributed by atoms with Crippen LogP contribution in [0.15, 0.2) is 66.6 Å². The Morgan fingerprint density at radius 1 is 0.937 bits per heavy atom. The van der Waals surface area contributed by atoms with Crippen molar-refractivity contribution in [2.45, 2.75) is 98.6 Å². The van der Waals surface area contributed by atoms with E-state index in [1.54, 1.807) is 46.8 Å². The van der Waals surface area contributed by atoms with E-state index < -0.39 is 88.8 Å². The van der Waals surface area contributed by atoms with E-state index in [1.165, 1.54) is 46.3 Å². The Bertz CT molecular complexity index is 2490. The summed E-state index contributed by atoms with van der Waals surface area (Å²) in [6.07, 6.45) is 6.13. The minimum absolute atomic E-state index is 0.0375. The largest absolute Gasteiger partial charge is 0.507 e. The van der Waals surface area contributed by atoms with E-state index in [-0.39, 0.29) is 51.0 Å². The SMILES string of the molecule is CO[C@H]1/C=C/O[C@@]2(C)Oc3c(C)c(O)c4c(O)c(c(CNCCc5c[nH]c6ccccc56)c(O)c4c3C2=O)NC(=O)/C(C)=C\C=C\[C@H](C)[C@H](O)[C@@H](C)[C@@H](O)[C@@H](C)[C@H](OC(C)=O)[C@@H]1C. The third-order valence-electron chi connectivity index (χ3n) is 12.6. The van der Waals surface area contributed by atoms with Crippen LogP contribution in [0.2, 0.25) is 0 Å². The summed E-state index contributed by atoms with van der Waals surface area (Å²) in [4.78, 5) is 44.0. The number of esters is 1. The zero-order valence-electron chi connectivity index (χ0n) is 37.1. The van der Waals surface area contributed by atoms with E-state index in [0.717, 1.165) is 16.5 Å². The summed E-state index contributed by atoms with van der Waals surface area (Å²) in [5, 5.41) is 65.4. The quantitative estimate of drug-likeness (QED) is 0.0426. The van der Waals surface area contributed by atoms with Gasteiger partial charge in [0.2, 0.25) is 0 Å². The number of aromatic hydroxyl groups is 3. The van der Waals surface area contributed by atoms with E-state index in [4.69, 9.17) is 18.9 Å². The highest BCUT2D eigenvalue weighted by molar-refractivity contribution is 6.22. The Morgan fingerprint density at radius 2 is 1.65 bits per heavy atom. The minimum Gasteiger partial charge on any atom is -0.507 e. The number of ether oxygens (including phenoxy) is 4. The van der Waals surface area contributed by atoms with E-state index in [9.17, 15) is 39.9 Å². The number of rotatable bonds is 7. The average molecular weight is 870 g/mol. The number of aliphatic hydroxyl groups excluding tert-OH is 2. The zero-order valence-corrected chi connectivity index (χ0v) is 37.1. The Hall–Kier alpha value is -5.87. The number of phenols is 3.